The third kappa shape index (κ3) is 2.69. The van der Waals surface area contributed by atoms with Crippen LogP contribution in [0.15, 0.2) is 16.9 Å². The van der Waals surface area contributed by atoms with Crippen LogP contribution in [0.3, 0.4) is 0 Å². The summed E-state index contributed by atoms with van der Waals surface area (Å²) < 4.78 is 0. The van der Waals surface area contributed by atoms with Gasteiger partial charge in [0.2, 0.25) is 0 Å². The minimum absolute atomic E-state index is 0.222. The molecule has 0 aliphatic rings. The summed E-state index contributed by atoms with van der Waals surface area (Å²) in [6.45, 7) is 3.87. The van der Waals surface area contributed by atoms with E-state index in [1.807, 2.05) is 13.8 Å². The zero-order valence-electron chi connectivity index (χ0n) is 9.45. The highest BCUT2D eigenvalue weighted by Gasteiger charge is 2.27. The second-order valence-electron chi connectivity index (χ2n) is 4.12. The molecule has 1 heterocycles. The van der Waals surface area contributed by atoms with Gasteiger partial charge in [-0.05, 0) is 19.9 Å². The molecule has 1 amide bonds. The summed E-state index contributed by atoms with van der Waals surface area (Å²) in [5.41, 5.74) is -0.399. The summed E-state index contributed by atoms with van der Waals surface area (Å²) in [5.74, 6) is -0.222. The fourth-order valence-corrected chi connectivity index (χ4v) is 1.38. The maximum absolute atomic E-state index is 12.0. The van der Waals surface area contributed by atoms with Gasteiger partial charge < -0.3 is 4.90 Å². The molecule has 16 heavy (non-hydrogen) atoms. The molecule has 1 aromatic rings. The SMILES string of the molecule is CN(C(=O)c1ccc(=O)[nH]n1)C(C)(C)CBr. The van der Waals surface area contributed by atoms with Crippen molar-refractivity contribution in [1.82, 2.24) is 15.1 Å². The molecule has 0 aliphatic heterocycles. The quantitative estimate of drug-likeness (QED) is 0.844. The van der Waals surface area contributed by atoms with Crippen LogP contribution in [0.4, 0.5) is 0 Å². The molecule has 0 saturated carbocycles. The van der Waals surface area contributed by atoms with E-state index in [0.717, 1.165) is 0 Å². The number of carbonyl (C=O) groups is 1. The first-order valence-electron chi connectivity index (χ1n) is 4.78. The number of halogens is 1. The Morgan fingerprint density at radius 3 is 2.62 bits per heavy atom. The number of amides is 1. The number of aromatic nitrogens is 2. The van der Waals surface area contributed by atoms with Crippen LogP contribution in [0.1, 0.15) is 24.3 Å². The van der Waals surface area contributed by atoms with Crippen LogP contribution < -0.4 is 5.56 Å². The summed E-state index contributed by atoms with van der Waals surface area (Å²) in [4.78, 5) is 24.4. The number of hydrogen-bond acceptors (Lipinski definition) is 3. The van der Waals surface area contributed by atoms with Crippen molar-refractivity contribution in [2.45, 2.75) is 19.4 Å². The van der Waals surface area contributed by atoms with Gasteiger partial charge >= 0.3 is 0 Å². The number of carbonyl (C=O) groups excluding carboxylic acids is 1. The molecule has 1 rings (SSSR count). The predicted molar refractivity (Wildman–Crippen MR) is 64.8 cm³/mol. The fourth-order valence-electron chi connectivity index (χ4n) is 1.000. The van der Waals surface area contributed by atoms with Gasteiger partial charge in [-0.15, -0.1) is 0 Å². The molecule has 88 valence electrons. The van der Waals surface area contributed by atoms with Gasteiger partial charge in [0.15, 0.2) is 0 Å². The van der Waals surface area contributed by atoms with Gasteiger partial charge in [-0.3, -0.25) is 9.59 Å². The van der Waals surface area contributed by atoms with Crippen molar-refractivity contribution in [2.75, 3.05) is 12.4 Å². The molecule has 0 saturated heterocycles. The molecule has 0 spiro atoms. The van der Waals surface area contributed by atoms with Crippen molar-refractivity contribution in [2.24, 2.45) is 0 Å². The van der Waals surface area contributed by atoms with Crippen molar-refractivity contribution in [1.29, 1.82) is 0 Å². The van der Waals surface area contributed by atoms with E-state index in [0.29, 0.717) is 5.33 Å². The van der Waals surface area contributed by atoms with Gasteiger partial charge in [-0.25, -0.2) is 5.10 Å². The number of H-pyrrole nitrogens is 1. The Balaban J connectivity index is 2.94. The molecule has 0 atom stereocenters. The highest BCUT2D eigenvalue weighted by atomic mass is 79.9. The lowest BCUT2D eigenvalue weighted by Gasteiger charge is -2.33. The minimum atomic E-state index is -0.320. The summed E-state index contributed by atoms with van der Waals surface area (Å²) in [6, 6.07) is 2.71. The van der Waals surface area contributed by atoms with Crippen LogP contribution in [0.2, 0.25) is 0 Å². The number of rotatable bonds is 3. The minimum Gasteiger partial charge on any atom is -0.334 e. The molecule has 5 nitrogen and oxygen atoms in total. The molecule has 0 radical (unpaired) electrons. The molecule has 0 unspecified atom stereocenters. The second kappa shape index (κ2) is 4.78. The Morgan fingerprint density at radius 1 is 1.56 bits per heavy atom. The number of aromatic amines is 1. The normalized spacial score (nSPS) is 11.2. The lowest BCUT2D eigenvalue weighted by molar-refractivity contribution is 0.0656. The number of nitrogens with one attached hydrogen (secondary N) is 1. The average molecular weight is 288 g/mol. The fraction of sp³-hybridized carbons (Fsp3) is 0.500. The smallest absolute Gasteiger partial charge is 0.274 e. The lowest BCUT2D eigenvalue weighted by Crippen LogP contribution is -2.46. The molecule has 1 aromatic heterocycles. The maximum atomic E-state index is 12.0. The standard InChI is InChI=1S/C10H14BrN3O2/c1-10(2,6-11)14(3)9(16)7-4-5-8(15)13-12-7/h4-5H,6H2,1-3H3,(H,13,15). The van der Waals surface area contributed by atoms with Crippen molar-refractivity contribution >= 4 is 21.8 Å². The zero-order chi connectivity index (χ0) is 12.3. The molecule has 6 heteroatoms. The van der Waals surface area contributed by atoms with E-state index in [2.05, 4.69) is 26.1 Å². The molecule has 0 aliphatic carbocycles. The molecule has 0 fully saturated rings. The largest absolute Gasteiger partial charge is 0.334 e. The Bertz CT molecular complexity index is 421. The van der Waals surface area contributed by atoms with Crippen molar-refractivity contribution in [3.63, 3.8) is 0 Å². The Morgan fingerprint density at radius 2 is 2.19 bits per heavy atom. The zero-order valence-corrected chi connectivity index (χ0v) is 11.0. The average Bonchev–Trinajstić information content (AvgIpc) is 2.28. The Hall–Kier alpha value is -1.17. The van der Waals surface area contributed by atoms with E-state index in [4.69, 9.17) is 0 Å². The predicted octanol–water partition coefficient (Wildman–Crippen LogP) is 1.02. The monoisotopic (exact) mass is 287 g/mol. The topological polar surface area (TPSA) is 66.1 Å². The molecular formula is C10H14BrN3O2. The Labute approximate surface area is 102 Å². The third-order valence-electron chi connectivity index (χ3n) is 2.44. The first-order valence-corrected chi connectivity index (χ1v) is 5.90. The van der Waals surface area contributed by atoms with Crippen molar-refractivity contribution < 1.29 is 4.79 Å². The first-order chi connectivity index (χ1) is 7.38. The molecular weight excluding hydrogens is 274 g/mol. The van der Waals surface area contributed by atoms with Crippen LogP contribution >= 0.6 is 15.9 Å². The summed E-state index contributed by atoms with van der Waals surface area (Å²) >= 11 is 3.35. The van der Waals surface area contributed by atoms with Gasteiger partial charge in [-0.2, -0.15) is 5.10 Å². The van der Waals surface area contributed by atoms with Crippen LogP contribution in [-0.4, -0.2) is 38.9 Å². The van der Waals surface area contributed by atoms with E-state index in [-0.39, 0.29) is 22.7 Å². The number of nitrogens with zero attached hydrogens (tertiary/aromatic N) is 2. The summed E-state index contributed by atoms with van der Waals surface area (Å²) in [7, 11) is 1.70. The van der Waals surface area contributed by atoms with Gasteiger partial charge in [0.05, 0.1) is 0 Å². The van der Waals surface area contributed by atoms with E-state index in [1.165, 1.54) is 12.1 Å². The summed E-state index contributed by atoms with van der Waals surface area (Å²) in [6.07, 6.45) is 0. The third-order valence-corrected chi connectivity index (χ3v) is 3.81. The second-order valence-corrected chi connectivity index (χ2v) is 4.68. The molecule has 0 aromatic carbocycles. The molecule has 0 bridgehead atoms. The number of hydrogen-bond donors (Lipinski definition) is 1. The van der Waals surface area contributed by atoms with Gasteiger partial charge in [0.1, 0.15) is 5.69 Å². The van der Waals surface area contributed by atoms with Crippen LogP contribution in [-0.2, 0) is 0 Å². The van der Waals surface area contributed by atoms with Crippen molar-refractivity contribution in [3.8, 4) is 0 Å². The van der Waals surface area contributed by atoms with Crippen LogP contribution in [0.25, 0.3) is 0 Å². The van der Waals surface area contributed by atoms with Crippen molar-refractivity contribution in [3.05, 3.63) is 28.2 Å². The maximum Gasteiger partial charge on any atom is 0.274 e. The first kappa shape index (κ1) is 12.9. The number of alkyl halides is 1. The Kier molecular flexibility index (Phi) is 3.85. The van der Waals surface area contributed by atoms with E-state index >= 15 is 0 Å². The summed E-state index contributed by atoms with van der Waals surface area (Å²) in [5, 5.41) is 6.60. The van der Waals surface area contributed by atoms with Gasteiger partial charge in [0.25, 0.3) is 11.5 Å². The van der Waals surface area contributed by atoms with Crippen LogP contribution in [0, 0.1) is 0 Å². The lowest BCUT2D eigenvalue weighted by atomic mass is 10.1. The van der Waals surface area contributed by atoms with E-state index < -0.39 is 0 Å². The van der Waals surface area contributed by atoms with Gasteiger partial charge in [-0.1, -0.05) is 15.9 Å². The van der Waals surface area contributed by atoms with Crippen LogP contribution in [0.5, 0.6) is 0 Å². The highest BCUT2D eigenvalue weighted by molar-refractivity contribution is 9.09. The highest BCUT2D eigenvalue weighted by Crippen LogP contribution is 2.16. The molecule has 1 N–H and O–H groups in total. The van der Waals surface area contributed by atoms with E-state index in [9.17, 15) is 9.59 Å². The van der Waals surface area contributed by atoms with E-state index in [1.54, 1.807) is 11.9 Å². The van der Waals surface area contributed by atoms with Gasteiger partial charge in [0, 0.05) is 24.0 Å².